The Labute approximate surface area is 137 Å². The molecule has 0 saturated heterocycles. The van der Waals surface area contributed by atoms with Crippen LogP contribution in [0.3, 0.4) is 0 Å². The van der Waals surface area contributed by atoms with Gasteiger partial charge in [-0.25, -0.2) is 0 Å². The molecule has 1 unspecified atom stereocenters. The van der Waals surface area contributed by atoms with Crippen molar-refractivity contribution in [3.05, 3.63) is 23.3 Å². The van der Waals surface area contributed by atoms with E-state index in [1.54, 1.807) is 14.2 Å². The number of thioether (sulfide) groups is 1. The van der Waals surface area contributed by atoms with Gasteiger partial charge in [0.25, 0.3) is 0 Å². The lowest BCUT2D eigenvalue weighted by Crippen LogP contribution is -2.35. The third-order valence-electron chi connectivity index (χ3n) is 4.36. The molecule has 0 amide bonds. The molecule has 1 aromatic carbocycles. The molecule has 1 aliphatic rings. The van der Waals surface area contributed by atoms with Crippen LogP contribution in [0, 0.1) is 0 Å². The van der Waals surface area contributed by atoms with Crippen molar-refractivity contribution in [3.8, 4) is 11.5 Å². The largest absolute Gasteiger partial charge is 0.493 e. The van der Waals surface area contributed by atoms with E-state index in [0.717, 1.165) is 30.1 Å². The lowest BCUT2D eigenvalue weighted by Gasteiger charge is -2.43. The predicted molar refractivity (Wildman–Crippen MR) is 92.3 cm³/mol. The van der Waals surface area contributed by atoms with Gasteiger partial charge in [0.1, 0.15) is 0 Å². The van der Waals surface area contributed by atoms with Crippen LogP contribution in [0.5, 0.6) is 11.5 Å². The molecular weight excluding hydrogens is 304 g/mol. The van der Waals surface area contributed by atoms with Crippen molar-refractivity contribution in [2.45, 2.75) is 43.8 Å². The van der Waals surface area contributed by atoms with Crippen molar-refractivity contribution in [3.63, 3.8) is 0 Å². The molecule has 4 heteroatoms. The molecule has 0 N–H and O–H groups in total. The van der Waals surface area contributed by atoms with Gasteiger partial charge < -0.3 is 9.47 Å². The summed E-state index contributed by atoms with van der Waals surface area (Å²) >= 11 is 7.95. The molecular formula is C17H25ClO2S. The van der Waals surface area contributed by atoms with Crippen molar-refractivity contribution in [1.82, 2.24) is 0 Å². The first kappa shape index (κ1) is 16.8. The number of hydrogen-bond acceptors (Lipinski definition) is 3. The minimum Gasteiger partial charge on any atom is -0.493 e. The van der Waals surface area contributed by atoms with E-state index in [9.17, 15) is 0 Å². The Morgan fingerprint density at radius 1 is 1.10 bits per heavy atom. The molecule has 1 aliphatic heterocycles. The van der Waals surface area contributed by atoms with Gasteiger partial charge in [0.05, 0.1) is 14.2 Å². The highest BCUT2D eigenvalue weighted by Crippen LogP contribution is 2.53. The molecule has 0 aromatic heterocycles. The van der Waals surface area contributed by atoms with Gasteiger partial charge in [-0.05, 0) is 48.4 Å². The van der Waals surface area contributed by atoms with Crippen molar-refractivity contribution < 1.29 is 9.47 Å². The number of alkyl halides is 1. The van der Waals surface area contributed by atoms with Crippen LogP contribution in [0.15, 0.2) is 12.1 Å². The summed E-state index contributed by atoms with van der Waals surface area (Å²) in [4.78, 5) is 0. The van der Waals surface area contributed by atoms with Gasteiger partial charge in [-0.1, -0.05) is 13.8 Å². The summed E-state index contributed by atoms with van der Waals surface area (Å²) in [5.41, 5.74) is 2.88. The molecule has 118 valence electrons. The maximum atomic E-state index is 5.92. The Morgan fingerprint density at radius 2 is 1.67 bits per heavy atom. The first-order valence-electron chi connectivity index (χ1n) is 7.35. The van der Waals surface area contributed by atoms with E-state index in [1.165, 1.54) is 11.1 Å². The monoisotopic (exact) mass is 328 g/mol. The predicted octanol–water partition coefficient (Wildman–Crippen LogP) is 4.96. The Hall–Kier alpha value is -0.540. The van der Waals surface area contributed by atoms with Gasteiger partial charge in [-0.2, -0.15) is 0 Å². The molecule has 2 nitrogen and oxygen atoms in total. The summed E-state index contributed by atoms with van der Waals surface area (Å²) in [5, 5.41) is 0. The number of ether oxygens (including phenoxy) is 2. The SMILES string of the molecule is COc1cc2c(cc1OC)C(C)(CCCCl)SCC2(C)C. The molecule has 0 fully saturated rings. The average molecular weight is 329 g/mol. The molecule has 1 heterocycles. The zero-order chi connectivity index (χ0) is 15.7. The van der Waals surface area contributed by atoms with Crippen LogP contribution >= 0.6 is 23.4 Å². The quantitative estimate of drug-likeness (QED) is 0.711. The minimum atomic E-state index is 0.0965. The molecule has 1 atom stereocenters. The van der Waals surface area contributed by atoms with Crippen molar-refractivity contribution in [1.29, 1.82) is 0 Å². The van der Waals surface area contributed by atoms with E-state index in [2.05, 4.69) is 32.9 Å². The third-order valence-corrected chi connectivity index (χ3v) is 6.56. The maximum Gasteiger partial charge on any atom is 0.161 e. The molecule has 0 spiro atoms. The van der Waals surface area contributed by atoms with Gasteiger partial charge in [0, 0.05) is 16.4 Å². The minimum absolute atomic E-state index is 0.0965. The van der Waals surface area contributed by atoms with Gasteiger partial charge in [0.15, 0.2) is 11.5 Å². The van der Waals surface area contributed by atoms with Gasteiger partial charge in [0.2, 0.25) is 0 Å². The van der Waals surface area contributed by atoms with Crippen LogP contribution in [0.4, 0.5) is 0 Å². The Balaban J connectivity index is 2.57. The molecule has 0 radical (unpaired) electrons. The molecule has 21 heavy (non-hydrogen) atoms. The van der Waals surface area contributed by atoms with Crippen molar-refractivity contribution >= 4 is 23.4 Å². The van der Waals surface area contributed by atoms with Crippen molar-refractivity contribution in [2.24, 2.45) is 0 Å². The smallest absolute Gasteiger partial charge is 0.161 e. The number of hydrogen-bond donors (Lipinski definition) is 0. The molecule has 0 saturated carbocycles. The van der Waals surface area contributed by atoms with Crippen LogP contribution in [-0.4, -0.2) is 25.9 Å². The Bertz CT molecular complexity index is 516. The number of benzene rings is 1. The first-order chi connectivity index (χ1) is 9.88. The lowest BCUT2D eigenvalue weighted by molar-refractivity contribution is 0.351. The highest BCUT2D eigenvalue weighted by molar-refractivity contribution is 8.00. The van der Waals surface area contributed by atoms with E-state index in [1.807, 2.05) is 11.8 Å². The molecule has 0 aliphatic carbocycles. The second-order valence-corrected chi connectivity index (χ2v) is 8.31. The fraction of sp³-hybridized carbons (Fsp3) is 0.647. The topological polar surface area (TPSA) is 18.5 Å². The summed E-state index contributed by atoms with van der Waals surface area (Å²) in [7, 11) is 3.39. The Kier molecular flexibility index (Phi) is 5.04. The van der Waals surface area contributed by atoms with Gasteiger partial charge >= 0.3 is 0 Å². The van der Waals surface area contributed by atoms with Crippen LogP contribution in [0.1, 0.15) is 44.7 Å². The zero-order valence-electron chi connectivity index (χ0n) is 13.6. The highest BCUT2D eigenvalue weighted by atomic mass is 35.5. The fourth-order valence-electron chi connectivity index (χ4n) is 2.98. The van der Waals surface area contributed by atoms with Gasteiger partial charge in [-0.15, -0.1) is 23.4 Å². The molecule has 1 aromatic rings. The van der Waals surface area contributed by atoms with E-state index in [4.69, 9.17) is 21.1 Å². The summed E-state index contributed by atoms with van der Waals surface area (Å²) in [6, 6.07) is 4.32. The Morgan fingerprint density at radius 3 is 2.19 bits per heavy atom. The summed E-state index contributed by atoms with van der Waals surface area (Å²) in [6.07, 6.45) is 2.11. The maximum absolute atomic E-state index is 5.92. The zero-order valence-corrected chi connectivity index (χ0v) is 15.2. The summed E-state index contributed by atoms with van der Waals surface area (Å²) in [6.45, 7) is 6.92. The number of rotatable bonds is 5. The number of methoxy groups -OCH3 is 2. The molecule has 0 bridgehead atoms. The first-order valence-corrected chi connectivity index (χ1v) is 8.87. The van der Waals surface area contributed by atoms with E-state index in [-0.39, 0.29) is 10.2 Å². The average Bonchev–Trinajstić information content (AvgIpc) is 2.48. The van der Waals surface area contributed by atoms with E-state index in [0.29, 0.717) is 5.88 Å². The highest BCUT2D eigenvalue weighted by Gasteiger charge is 2.41. The van der Waals surface area contributed by atoms with Crippen molar-refractivity contribution in [2.75, 3.05) is 25.9 Å². The van der Waals surface area contributed by atoms with Crippen LogP contribution in [0.2, 0.25) is 0 Å². The lowest BCUT2D eigenvalue weighted by atomic mass is 9.78. The van der Waals surface area contributed by atoms with Crippen LogP contribution < -0.4 is 9.47 Å². The fourth-order valence-corrected chi connectivity index (χ4v) is 4.56. The standard InChI is InChI=1S/C17H25ClO2S/c1-16(2)11-21-17(3,7-6-8-18)13-10-15(20-5)14(19-4)9-12(13)16/h9-10H,6-8,11H2,1-5H3. The summed E-state index contributed by atoms with van der Waals surface area (Å²) < 4.78 is 11.1. The second-order valence-electron chi connectivity index (χ2n) is 6.45. The van der Waals surface area contributed by atoms with E-state index < -0.39 is 0 Å². The normalized spacial score (nSPS) is 23.5. The van der Waals surface area contributed by atoms with Crippen LogP contribution in [0.25, 0.3) is 0 Å². The third kappa shape index (κ3) is 3.14. The van der Waals surface area contributed by atoms with Gasteiger partial charge in [-0.3, -0.25) is 0 Å². The van der Waals surface area contributed by atoms with E-state index >= 15 is 0 Å². The number of halogens is 1. The second kappa shape index (κ2) is 6.29. The number of fused-ring (bicyclic) bond motifs is 1. The van der Waals surface area contributed by atoms with Crippen LogP contribution in [-0.2, 0) is 10.2 Å². The molecule has 2 rings (SSSR count). The summed E-state index contributed by atoms with van der Waals surface area (Å²) in [5.74, 6) is 3.44.